The summed E-state index contributed by atoms with van der Waals surface area (Å²) in [5.41, 5.74) is 3.14. The molecule has 2 aromatic carbocycles. The van der Waals surface area contributed by atoms with E-state index in [9.17, 15) is 4.39 Å². The van der Waals surface area contributed by atoms with E-state index in [1.807, 2.05) is 31.2 Å². The molecule has 0 saturated heterocycles. The molecule has 0 saturated carbocycles. The van der Waals surface area contributed by atoms with Crippen molar-refractivity contribution in [1.82, 2.24) is 5.32 Å². The van der Waals surface area contributed by atoms with Crippen LogP contribution < -0.4 is 5.32 Å². The summed E-state index contributed by atoms with van der Waals surface area (Å²) >= 11 is 0. The maximum Gasteiger partial charge on any atom is 0.134 e. The summed E-state index contributed by atoms with van der Waals surface area (Å²) in [7, 11) is 0. The molecule has 0 spiro atoms. The number of furan rings is 1. The Morgan fingerprint density at radius 1 is 1.10 bits per heavy atom. The van der Waals surface area contributed by atoms with E-state index < -0.39 is 0 Å². The number of halogens is 1. The highest BCUT2D eigenvalue weighted by Crippen LogP contribution is 2.24. The molecule has 3 rings (SSSR count). The minimum absolute atomic E-state index is 0.177. The van der Waals surface area contributed by atoms with Gasteiger partial charge in [-0.2, -0.15) is 0 Å². The van der Waals surface area contributed by atoms with E-state index in [1.54, 1.807) is 12.1 Å². The molecule has 0 aliphatic heterocycles. The molecule has 0 unspecified atom stereocenters. The summed E-state index contributed by atoms with van der Waals surface area (Å²) in [4.78, 5) is 0. The van der Waals surface area contributed by atoms with Gasteiger partial charge in [0.2, 0.25) is 0 Å². The van der Waals surface area contributed by atoms with Crippen molar-refractivity contribution in [2.24, 2.45) is 0 Å². The Balaban J connectivity index is 1.61. The van der Waals surface area contributed by atoms with Crippen molar-refractivity contribution in [2.45, 2.75) is 19.9 Å². The van der Waals surface area contributed by atoms with Crippen LogP contribution in [0.2, 0.25) is 0 Å². The molecule has 0 radical (unpaired) electrons. The SMILES string of the molecule is Cc1oc2ccccc2c1CNCCc1cccc(F)c1. The number of aryl methyl sites for hydroxylation is 1. The molecule has 0 amide bonds. The van der Waals surface area contributed by atoms with Gasteiger partial charge in [0.25, 0.3) is 0 Å². The average molecular weight is 283 g/mol. The van der Waals surface area contributed by atoms with E-state index in [-0.39, 0.29) is 5.82 Å². The van der Waals surface area contributed by atoms with E-state index in [2.05, 4.69) is 11.4 Å². The number of rotatable bonds is 5. The van der Waals surface area contributed by atoms with Gasteiger partial charge in [-0.1, -0.05) is 30.3 Å². The molecule has 0 bridgehead atoms. The molecule has 2 nitrogen and oxygen atoms in total. The highest BCUT2D eigenvalue weighted by atomic mass is 19.1. The second-order valence-electron chi connectivity index (χ2n) is 5.19. The molecule has 0 fully saturated rings. The first-order valence-electron chi connectivity index (χ1n) is 7.16. The van der Waals surface area contributed by atoms with Gasteiger partial charge in [0.1, 0.15) is 17.2 Å². The zero-order valence-corrected chi connectivity index (χ0v) is 12.0. The van der Waals surface area contributed by atoms with Crippen LogP contribution >= 0.6 is 0 Å². The fourth-order valence-corrected chi connectivity index (χ4v) is 2.58. The number of benzene rings is 2. The van der Waals surface area contributed by atoms with Crippen LogP contribution in [0.4, 0.5) is 4.39 Å². The lowest BCUT2D eigenvalue weighted by Crippen LogP contribution is -2.17. The number of fused-ring (bicyclic) bond motifs is 1. The second kappa shape index (κ2) is 6.10. The predicted octanol–water partition coefficient (Wildman–Crippen LogP) is 4.21. The summed E-state index contributed by atoms with van der Waals surface area (Å²) in [6, 6.07) is 14.8. The van der Waals surface area contributed by atoms with E-state index in [4.69, 9.17) is 4.42 Å². The molecule has 0 aliphatic rings. The third-order valence-electron chi connectivity index (χ3n) is 3.68. The molecule has 1 N–H and O–H groups in total. The lowest BCUT2D eigenvalue weighted by atomic mass is 10.1. The Labute approximate surface area is 123 Å². The molecular weight excluding hydrogens is 265 g/mol. The maximum absolute atomic E-state index is 13.1. The van der Waals surface area contributed by atoms with Crippen molar-refractivity contribution in [3.8, 4) is 0 Å². The summed E-state index contributed by atoms with van der Waals surface area (Å²) in [5, 5.41) is 4.57. The van der Waals surface area contributed by atoms with Crippen LogP contribution in [0.25, 0.3) is 11.0 Å². The largest absolute Gasteiger partial charge is 0.461 e. The fraction of sp³-hybridized carbons (Fsp3) is 0.222. The van der Waals surface area contributed by atoms with Crippen molar-refractivity contribution in [1.29, 1.82) is 0 Å². The molecule has 21 heavy (non-hydrogen) atoms. The Kier molecular flexibility index (Phi) is 4.02. The molecular formula is C18H18FNO. The van der Waals surface area contributed by atoms with E-state index >= 15 is 0 Å². The number of hydrogen-bond acceptors (Lipinski definition) is 2. The van der Waals surface area contributed by atoms with Crippen LogP contribution in [0.5, 0.6) is 0 Å². The second-order valence-corrected chi connectivity index (χ2v) is 5.19. The highest BCUT2D eigenvalue weighted by Gasteiger charge is 2.09. The van der Waals surface area contributed by atoms with Gasteiger partial charge in [-0.05, 0) is 43.7 Å². The van der Waals surface area contributed by atoms with Gasteiger partial charge in [0.05, 0.1) is 0 Å². The van der Waals surface area contributed by atoms with Crippen LogP contribution in [0.15, 0.2) is 52.9 Å². The quantitative estimate of drug-likeness (QED) is 0.709. The maximum atomic E-state index is 13.1. The standard InChI is InChI=1S/C18H18FNO/c1-13-17(16-7-2-3-8-18(16)21-13)12-20-10-9-14-5-4-6-15(19)11-14/h2-8,11,20H,9-10,12H2,1H3. The van der Waals surface area contributed by atoms with Crippen molar-refractivity contribution in [3.05, 3.63) is 71.2 Å². The Hall–Kier alpha value is -2.13. The minimum atomic E-state index is -0.177. The van der Waals surface area contributed by atoms with Gasteiger partial charge in [-0.15, -0.1) is 0 Å². The zero-order valence-electron chi connectivity index (χ0n) is 12.0. The highest BCUT2D eigenvalue weighted by molar-refractivity contribution is 5.82. The molecule has 3 aromatic rings. The lowest BCUT2D eigenvalue weighted by molar-refractivity contribution is 0.565. The van der Waals surface area contributed by atoms with Crippen LogP contribution in [0, 0.1) is 12.7 Å². The zero-order chi connectivity index (χ0) is 14.7. The molecule has 0 atom stereocenters. The van der Waals surface area contributed by atoms with E-state index in [0.29, 0.717) is 0 Å². The third-order valence-corrected chi connectivity index (χ3v) is 3.68. The van der Waals surface area contributed by atoms with Crippen LogP contribution in [0.3, 0.4) is 0 Å². The van der Waals surface area contributed by atoms with Gasteiger partial charge in [0, 0.05) is 17.5 Å². The monoisotopic (exact) mass is 283 g/mol. The summed E-state index contributed by atoms with van der Waals surface area (Å²) in [5.74, 6) is 0.777. The van der Waals surface area contributed by atoms with Crippen LogP contribution in [-0.2, 0) is 13.0 Å². The topological polar surface area (TPSA) is 25.2 Å². The summed E-state index contributed by atoms with van der Waals surface area (Å²) < 4.78 is 18.8. The normalized spacial score (nSPS) is 11.1. The van der Waals surface area contributed by atoms with E-state index in [1.165, 1.54) is 11.6 Å². The Bertz CT molecular complexity index is 748. The average Bonchev–Trinajstić information content (AvgIpc) is 2.79. The van der Waals surface area contributed by atoms with E-state index in [0.717, 1.165) is 41.8 Å². The first kappa shape index (κ1) is 13.8. The molecule has 0 aliphatic carbocycles. The van der Waals surface area contributed by atoms with Gasteiger partial charge in [0.15, 0.2) is 0 Å². The van der Waals surface area contributed by atoms with Crippen molar-refractivity contribution in [3.63, 3.8) is 0 Å². The van der Waals surface area contributed by atoms with Crippen LogP contribution in [-0.4, -0.2) is 6.54 Å². The third kappa shape index (κ3) is 3.14. The number of hydrogen-bond donors (Lipinski definition) is 1. The van der Waals surface area contributed by atoms with Crippen molar-refractivity contribution in [2.75, 3.05) is 6.54 Å². The summed E-state index contributed by atoms with van der Waals surface area (Å²) in [6.45, 7) is 3.56. The van der Waals surface area contributed by atoms with Gasteiger partial charge in [-0.25, -0.2) is 4.39 Å². The predicted molar refractivity (Wildman–Crippen MR) is 82.8 cm³/mol. The number of nitrogens with one attached hydrogen (secondary N) is 1. The first-order valence-corrected chi connectivity index (χ1v) is 7.16. The molecule has 1 heterocycles. The molecule has 108 valence electrons. The first-order chi connectivity index (χ1) is 10.2. The van der Waals surface area contributed by atoms with Crippen molar-refractivity contribution >= 4 is 11.0 Å². The Morgan fingerprint density at radius 3 is 2.81 bits per heavy atom. The molecule has 3 heteroatoms. The van der Waals surface area contributed by atoms with Gasteiger partial charge >= 0.3 is 0 Å². The summed E-state index contributed by atoms with van der Waals surface area (Å²) in [6.07, 6.45) is 0.812. The van der Waals surface area contributed by atoms with Gasteiger partial charge in [-0.3, -0.25) is 0 Å². The molecule has 1 aromatic heterocycles. The Morgan fingerprint density at radius 2 is 1.95 bits per heavy atom. The smallest absolute Gasteiger partial charge is 0.134 e. The van der Waals surface area contributed by atoms with Crippen molar-refractivity contribution < 1.29 is 8.81 Å². The number of para-hydroxylation sites is 1. The minimum Gasteiger partial charge on any atom is -0.461 e. The van der Waals surface area contributed by atoms with Crippen LogP contribution in [0.1, 0.15) is 16.9 Å². The lowest BCUT2D eigenvalue weighted by Gasteiger charge is -2.05. The van der Waals surface area contributed by atoms with Gasteiger partial charge < -0.3 is 9.73 Å². The fourth-order valence-electron chi connectivity index (χ4n) is 2.58.